The third-order valence-corrected chi connectivity index (χ3v) is 23.8. The second kappa shape index (κ2) is 46.6. The van der Waals surface area contributed by atoms with Crippen LogP contribution in [-0.4, -0.2) is 550 Å². The summed E-state index contributed by atoms with van der Waals surface area (Å²) >= 11 is 0. The number of carbonyl (C=O) groups is 6. The molecule has 33 N–H and O–H groups in total. The number of carboxylic acids is 1. The van der Waals surface area contributed by atoms with E-state index in [0.717, 1.165) is 34.6 Å². The molecule has 5 amide bonds. The highest BCUT2D eigenvalue weighted by Crippen LogP contribution is 2.43. The van der Waals surface area contributed by atoms with Crippen LogP contribution in [0.1, 0.15) is 48.0 Å². The van der Waals surface area contributed by atoms with E-state index in [1.54, 1.807) is 0 Å². The minimum Gasteiger partial charge on any atom is -0.477 e. The Morgan fingerprint density at radius 2 is 0.695 bits per heavy atom. The second-order valence-electron chi connectivity index (χ2n) is 33.2. The van der Waals surface area contributed by atoms with Gasteiger partial charge in [-0.2, -0.15) is 0 Å². The predicted molar refractivity (Wildman–Crippen MR) is 403 cm³/mol. The summed E-state index contributed by atoms with van der Waals surface area (Å²) in [5.74, 6) is -10.3. The number of carbonyl (C=O) groups excluding carboxylic acids is 5. The second-order valence-corrected chi connectivity index (χ2v) is 33.2. The molecule has 131 heavy (non-hydrogen) atoms. The molecule has 0 bridgehead atoms. The summed E-state index contributed by atoms with van der Waals surface area (Å²) in [6.07, 6.45) is -99.5. The number of amides is 5. The molecular formula is C73H121N5O53. The van der Waals surface area contributed by atoms with Crippen LogP contribution in [0, 0.1) is 0 Å². The molecule has 58 nitrogen and oxygen atoms in total. The van der Waals surface area contributed by atoms with Gasteiger partial charge in [0.15, 0.2) is 56.6 Å². The first-order chi connectivity index (χ1) is 61.7. The normalized spacial score (nSPS) is 47.5. The van der Waals surface area contributed by atoms with Gasteiger partial charge in [-0.3, -0.25) is 24.0 Å². The number of hydrogen-bond acceptors (Lipinski definition) is 52. The van der Waals surface area contributed by atoms with Crippen molar-refractivity contribution in [3.63, 3.8) is 0 Å². The van der Waals surface area contributed by atoms with Gasteiger partial charge in [0.25, 0.3) is 5.79 Å². The number of carboxylic acid groups (broad SMARTS) is 1. The van der Waals surface area contributed by atoms with Crippen molar-refractivity contribution in [3.8, 4) is 0 Å². The molecule has 0 aromatic carbocycles. The molecule has 0 aromatic rings. The summed E-state index contributed by atoms with van der Waals surface area (Å²) in [4.78, 5) is 77.5. The highest BCUT2D eigenvalue weighted by Gasteiger charge is 2.64. The first-order valence-electron chi connectivity index (χ1n) is 41.6. The molecule has 10 aliphatic heterocycles. The van der Waals surface area contributed by atoms with Crippen molar-refractivity contribution in [3.05, 3.63) is 0 Å². The maximum Gasteiger partial charge on any atom is 0.364 e. The molecule has 1 unspecified atom stereocenters. The van der Waals surface area contributed by atoms with Crippen molar-refractivity contribution in [1.82, 2.24) is 26.6 Å². The minimum atomic E-state index is -3.36. The lowest BCUT2D eigenvalue weighted by atomic mass is 9.88. The Morgan fingerprint density at radius 1 is 0.328 bits per heavy atom. The lowest BCUT2D eigenvalue weighted by Gasteiger charge is -2.52. The quantitative estimate of drug-likeness (QED) is 0.0280. The van der Waals surface area contributed by atoms with Crippen LogP contribution in [0.25, 0.3) is 0 Å². The first kappa shape index (κ1) is 108. The third-order valence-electron chi connectivity index (χ3n) is 23.8. The molecule has 51 atom stereocenters. The Labute approximate surface area is 741 Å². The van der Waals surface area contributed by atoms with Crippen molar-refractivity contribution in [2.24, 2.45) is 0 Å². The standard InChI is InChI=1S/C73H121N5O53/c1-17-38(93)49(104)52(107)67(115-17)113-16-32-56(47(102)34(63(110)116-32)75-19(3)87)124-65-36(77-21(5)89)48(103)55(30(14-85)122-65)125-68-53(108)59(45(100)31(123-68)15-114-70-61(50(105)41(96)26(10-81)120-70)128-64-35(76-20(4)88)46(101)40(95)25(9-80)117-64)127-71-62(51(106)42(97)27(11-82)121-71)129-66-37(78-22(6)90)57(43(98)28(12-83)118-66)126-69-54(109)60(44(99)29(13-84)119-69)131-73(72(111)112)7-23(91)33(74-18(2)86)58(130-73)39(94)24(92)8-79/h17,23-71,79-85,91-110H,7-16H2,1-6H3,(H,74,86)(H,75,87)(H,76,88)(H,77,89)(H,78,90)(H,111,112)/t17-,23-,24+,25+,26+,27+,28+,29+,30+,31+,32+,33+,34+,35+,36+,37+,38+,39+,40+,41+,42+,43+,44-,45+,46+,47+,48+,49+,50-,51-,52-,53-,54+,55+,56+,57+,58+,59-,60-,61-,62-,63?,64-,65-,66-,67+,68-,69-,70-,71+,73-/m0/s1. The molecule has 0 radical (unpaired) electrons. The SMILES string of the molecule is CC(=O)N[C@H]1[C@H](O[C@H]2[C@H](O)[C@@H](NC(C)=O)C(O)O[C@@H]2CO[C@@H]2O[C@@H](C)[C@@H](O)[C@@H](O)[C@@H]2O)O[C@H](CO)[C@@H](O[C@@H]2O[C@H](CO[C@H]3O[C@H](CO)[C@@H](O)[C@H](O)[C@@H]3O[C@@H]3O[C@H](CO)[C@@H](O)[C@H](O)[C@H]3NC(C)=O)[C@@H](O)[C@H](O[C@H]3O[C@H](CO)[C@@H](O)[C@H](O)[C@@H]3O[C@@H]3O[C@H](CO)[C@@H](O)[C@H](O[C@@H]4O[C@H](CO)[C@H](O)[C@H](O[C@]5(C(=O)O)C[C@H](O)[C@@H](NC(C)=O)[C@H]([C@H](O)[C@H](O)CO)O5)[C@H]4O)[C@H]3NC(C)=O)[C@@H]2O)[C@@H]1O. The fraction of sp³-hybridized carbons (Fsp3) is 0.918. The molecule has 0 saturated carbocycles. The maximum absolute atomic E-state index is 13.5. The van der Waals surface area contributed by atoms with Crippen LogP contribution in [0.4, 0.5) is 0 Å². The molecule has 10 saturated heterocycles. The summed E-state index contributed by atoms with van der Waals surface area (Å²) in [6.45, 7) is -4.71. The van der Waals surface area contributed by atoms with Crippen LogP contribution < -0.4 is 26.6 Å². The summed E-state index contributed by atoms with van der Waals surface area (Å²) in [5.41, 5.74) is 0. The summed E-state index contributed by atoms with van der Waals surface area (Å²) in [5, 5.41) is 327. The Balaban J connectivity index is 0.996. The fourth-order valence-corrected chi connectivity index (χ4v) is 16.9. The zero-order valence-corrected chi connectivity index (χ0v) is 70.7. The third kappa shape index (κ3) is 24.1. The van der Waals surface area contributed by atoms with Crippen molar-refractivity contribution >= 4 is 35.5 Å². The van der Waals surface area contributed by atoms with Gasteiger partial charge in [-0.15, -0.1) is 0 Å². The van der Waals surface area contributed by atoms with Crippen molar-refractivity contribution < 1.29 is 262 Å². The Hall–Kier alpha value is -5.02. The van der Waals surface area contributed by atoms with E-state index < -0.39 is 414 Å². The summed E-state index contributed by atoms with van der Waals surface area (Å²) < 4.78 is 113. The molecule has 10 aliphatic rings. The van der Waals surface area contributed by atoms with Crippen LogP contribution in [0.15, 0.2) is 0 Å². The molecule has 0 aliphatic carbocycles. The van der Waals surface area contributed by atoms with Gasteiger partial charge in [0, 0.05) is 41.0 Å². The van der Waals surface area contributed by atoms with Gasteiger partial charge in [0.2, 0.25) is 29.5 Å². The number of aliphatic hydroxyl groups is 27. The Morgan fingerprint density at radius 3 is 1.21 bits per heavy atom. The monoisotopic (exact) mass is 1920 g/mol. The minimum absolute atomic E-state index is 0.841. The Bertz CT molecular complexity index is 3670. The maximum atomic E-state index is 13.5. The molecule has 10 heterocycles. The number of hydrogen-bond donors (Lipinski definition) is 33. The van der Waals surface area contributed by atoms with Gasteiger partial charge in [-0.05, 0) is 6.92 Å². The average Bonchev–Trinajstić information content (AvgIpc) is 0.749. The molecule has 58 heteroatoms. The largest absolute Gasteiger partial charge is 0.477 e. The molecule has 10 rings (SSSR count). The van der Waals surface area contributed by atoms with Crippen LogP contribution >= 0.6 is 0 Å². The fourth-order valence-electron chi connectivity index (χ4n) is 16.9. The molecule has 0 aromatic heterocycles. The van der Waals surface area contributed by atoms with Gasteiger partial charge in [-0.25, -0.2) is 4.79 Å². The van der Waals surface area contributed by atoms with Crippen LogP contribution in [0.5, 0.6) is 0 Å². The highest BCUT2D eigenvalue weighted by atomic mass is 16.8. The van der Waals surface area contributed by atoms with Gasteiger partial charge >= 0.3 is 5.97 Å². The van der Waals surface area contributed by atoms with E-state index in [-0.39, 0.29) is 0 Å². The van der Waals surface area contributed by atoms with E-state index >= 15 is 0 Å². The lowest BCUT2D eigenvalue weighted by Crippen LogP contribution is -2.72. The molecular weight excluding hydrogens is 1790 g/mol. The smallest absolute Gasteiger partial charge is 0.364 e. The zero-order valence-electron chi connectivity index (χ0n) is 70.7. The van der Waals surface area contributed by atoms with Gasteiger partial charge in [0.05, 0.1) is 77.7 Å². The number of aliphatic hydroxyl groups excluding tert-OH is 27. The van der Waals surface area contributed by atoms with E-state index in [9.17, 15) is 172 Å². The average molecular weight is 1920 g/mol. The topological polar surface area (TPSA) is 904 Å². The summed E-state index contributed by atoms with van der Waals surface area (Å²) in [6, 6.07) is -9.59. The number of nitrogens with one attached hydrogen (secondary N) is 5. The highest BCUT2D eigenvalue weighted by molar-refractivity contribution is 5.77. The lowest BCUT2D eigenvalue weighted by molar-refractivity contribution is -0.400. The van der Waals surface area contributed by atoms with Crippen LogP contribution in [0.3, 0.4) is 0 Å². The zero-order chi connectivity index (χ0) is 96.9. The number of rotatable bonds is 35. The van der Waals surface area contributed by atoms with E-state index in [0.29, 0.717) is 0 Å². The van der Waals surface area contributed by atoms with E-state index in [4.69, 9.17) is 90.0 Å². The first-order valence-corrected chi connectivity index (χ1v) is 41.6. The van der Waals surface area contributed by atoms with Crippen molar-refractivity contribution in [2.45, 2.75) is 360 Å². The predicted octanol–water partition coefficient (Wildman–Crippen LogP) is -21.9. The van der Waals surface area contributed by atoms with Crippen LogP contribution in [-0.2, 0) is 119 Å². The van der Waals surface area contributed by atoms with Crippen molar-refractivity contribution in [2.75, 3.05) is 59.5 Å². The number of ether oxygens (including phenoxy) is 19. The van der Waals surface area contributed by atoms with Gasteiger partial charge < -0.3 is 260 Å². The number of aliphatic carboxylic acids is 1. The van der Waals surface area contributed by atoms with Gasteiger partial charge in [-0.1, -0.05) is 0 Å². The van der Waals surface area contributed by atoms with Crippen molar-refractivity contribution in [1.29, 1.82) is 0 Å². The van der Waals surface area contributed by atoms with Gasteiger partial charge in [0.1, 0.15) is 232 Å². The Kier molecular flexibility index (Phi) is 38.4. The van der Waals surface area contributed by atoms with E-state index in [1.165, 1.54) is 6.92 Å². The molecule has 756 valence electrons. The summed E-state index contributed by atoms with van der Waals surface area (Å²) in [7, 11) is 0. The molecule has 0 spiro atoms. The van der Waals surface area contributed by atoms with Crippen LogP contribution in [0.2, 0.25) is 0 Å². The van der Waals surface area contributed by atoms with E-state index in [2.05, 4.69) is 26.6 Å². The molecule has 10 fully saturated rings. The van der Waals surface area contributed by atoms with E-state index in [1.807, 2.05) is 0 Å².